The lowest BCUT2D eigenvalue weighted by atomic mass is 10.1. The lowest BCUT2D eigenvalue weighted by Crippen LogP contribution is -2.13. The Balaban J connectivity index is 2.77. The largest absolute Gasteiger partial charge is 0.436 e. The number of nitrogens with two attached hydrogens (primary N) is 1. The molecule has 2 N–H and O–H groups in total. The highest BCUT2D eigenvalue weighted by Crippen LogP contribution is 2.14. The standard InChI is InChI=1S/C8H15N3O2/c1-5(2)4-6(9)7-10-11(3)8(12)13-7/h5-6H,4,9H2,1-3H3/t6-/m1/s1. The third-order valence-corrected chi connectivity index (χ3v) is 1.75. The third-order valence-electron chi connectivity index (χ3n) is 1.75. The lowest BCUT2D eigenvalue weighted by molar-refractivity contribution is 0.387. The van der Waals surface area contributed by atoms with Gasteiger partial charge in [0.15, 0.2) is 0 Å². The van der Waals surface area contributed by atoms with Gasteiger partial charge in [0.25, 0.3) is 0 Å². The van der Waals surface area contributed by atoms with Crippen molar-refractivity contribution in [3.63, 3.8) is 0 Å². The minimum atomic E-state index is -0.464. The molecule has 0 unspecified atom stereocenters. The zero-order valence-electron chi connectivity index (χ0n) is 8.15. The van der Waals surface area contributed by atoms with E-state index >= 15 is 0 Å². The van der Waals surface area contributed by atoms with E-state index in [0.717, 1.165) is 11.1 Å². The first-order valence-electron chi connectivity index (χ1n) is 4.30. The molecule has 0 saturated carbocycles. The van der Waals surface area contributed by atoms with Gasteiger partial charge >= 0.3 is 5.76 Å². The normalized spacial score (nSPS) is 13.6. The van der Waals surface area contributed by atoms with Gasteiger partial charge in [-0.2, -0.15) is 4.68 Å². The van der Waals surface area contributed by atoms with Gasteiger partial charge < -0.3 is 10.2 Å². The first-order valence-corrected chi connectivity index (χ1v) is 4.30. The molecule has 0 aliphatic carbocycles. The summed E-state index contributed by atoms with van der Waals surface area (Å²) >= 11 is 0. The molecule has 1 heterocycles. The Hall–Kier alpha value is -1.10. The summed E-state index contributed by atoms with van der Waals surface area (Å²) in [6.45, 7) is 4.11. The summed E-state index contributed by atoms with van der Waals surface area (Å²) < 4.78 is 6.00. The minimum absolute atomic E-state index is 0.283. The van der Waals surface area contributed by atoms with Crippen molar-refractivity contribution in [2.24, 2.45) is 18.7 Å². The smallest absolute Gasteiger partial charge is 0.391 e. The van der Waals surface area contributed by atoms with Crippen LogP contribution in [0.3, 0.4) is 0 Å². The molecule has 5 heteroatoms. The first kappa shape index (κ1) is 9.98. The van der Waals surface area contributed by atoms with Crippen molar-refractivity contribution in [3.8, 4) is 0 Å². The molecule has 13 heavy (non-hydrogen) atoms. The van der Waals surface area contributed by atoms with Crippen molar-refractivity contribution in [1.82, 2.24) is 9.78 Å². The number of rotatable bonds is 3. The fraction of sp³-hybridized carbons (Fsp3) is 0.750. The van der Waals surface area contributed by atoms with Crippen molar-refractivity contribution in [2.75, 3.05) is 0 Å². The Labute approximate surface area is 76.5 Å². The van der Waals surface area contributed by atoms with Crippen molar-refractivity contribution in [1.29, 1.82) is 0 Å². The molecule has 0 aromatic carbocycles. The average Bonchev–Trinajstić information content (AvgIpc) is 2.31. The molecule has 0 spiro atoms. The SMILES string of the molecule is CC(C)C[C@@H](N)c1nn(C)c(=O)o1. The van der Waals surface area contributed by atoms with E-state index in [9.17, 15) is 4.79 Å². The van der Waals surface area contributed by atoms with Crippen LogP contribution in [0, 0.1) is 5.92 Å². The fourth-order valence-corrected chi connectivity index (χ4v) is 1.12. The van der Waals surface area contributed by atoms with Crippen LogP contribution in [0.15, 0.2) is 9.21 Å². The quantitative estimate of drug-likeness (QED) is 0.740. The Bertz CT molecular complexity index is 326. The van der Waals surface area contributed by atoms with Gasteiger partial charge in [-0.25, -0.2) is 4.79 Å². The number of nitrogens with zero attached hydrogens (tertiary/aromatic N) is 2. The second-order valence-corrected chi connectivity index (χ2v) is 3.57. The van der Waals surface area contributed by atoms with Crippen LogP contribution >= 0.6 is 0 Å². The van der Waals surface area contributed by atoms with Crippen LogP contribution < -0.4 is 11.5 Å². The van der Waals surface area contributed by atoms with Crippen LogP contribution in [0.5, 0.6) is 0 Å². The van der Waals surface area contributed by atoms with E-state index in [1.165, 1.54) is 7.05 Å². The Kier molecular flexibility index (Phi) is 2.87. The van der Waals surface area contributed by atoms with Gasteiger partial charge in [0.1, 0.15) is 0 Å². The molecule has 0 radical (unpaired) electrons. The van der Waals surface area contributed by atoms with Gasteiger partial charge in [0, 0.05) is 7.05 Å². The summed E-state index contributed by atoms with van der Waals surface area (Å²) in [5, 5.41) is 3.88. The van der Waals surface area contributed by atoms with Gasteiger partial charge in [-0.15, -0.1) is 5.10 Å². The van der Waals surface area contributed by atoms with Crippen LogP contribution in [0.25, 0.3) is 0 Å². The molecular weight excluding hydrogens is 170 g/mol. The molecular formula is C8H15N3O2. The van der Waals surface area contributed by atoms with E-state index < -0.39 is 5.76 Å². The molecule has 0 fully saturated rings. The van der Waals surface area contributed by atoms with Crippen LogP contribution in [0.4, 0.5) is 0 Å². The van der Waals surface area contributed by atoms with E-state index in [2.05, 4.69) is 18.9 Å². The average molecular weight is 185 g/mol. The molecule has 0 amide bonds. The summed E-state index contributed by atoms with van der Waals surface area (Å²) in [6, 6.07) is -0.283. The predicted molar refractivity (Wildman–Crippen MR) is 48.1 cm³/mol. The van der Waals surface area contributed by atoms with Crippen molar-refractivity contribution in [3.05, 3.63) is 16.4 Å². The summed E-state index contributed by atoms with van der Waals surface area (Å²) in [7, 11) is 1.54. The predicted octanol–water partition coefficient (Wildman–Crippen LogP) is 0.419. The molecule has 5 nitrogen and oxygen atoms in total. The fourth-order valence-electron chi connectivity index (χ4n) is 1.12. The number of hydrogen-bond donors (Lipinski definition) is 1. The summed E-state index contributed by atoms with van der Waals surface area (Å²) in [5.74, 6) is 0.317. The van der Waals surface area contributed by atoms with Crippen molar-refractivity contribution < 1.29 is 4.42 Å². The first-order chi connectivity index (χ1) is 6.00. The second-order valence-electron chi connectivity index (χ2n) is 3.57. The van der Waals surface area contributed by atoms with Crippen LogP contribution in [0.2, 0.25) is 0 Å². The van der Waals surface area contributed by atoms with Gasteiger partial charge in [-0.1, -0.05) is 13.8 Å². The Morgan fingerprint density at radius 2 is 2.23 bits per heavy atom. The van der Waals surface area contributed by atoms with Crippen molar-refractivity contribution >= 4 is 0 Å². The maximum absolute atomic E-state index is 10.9. The third kappa shape index (κ3) is 2.42. The molecule has 0 saturated heterocycles. The summed E-state index contributed by atoms with van der Waals surface area (Å²) in [5.41, 5.74) is 5.77. The Morgan fingerprint density at radius 3 is 2.62 bits per heavy atom. The highest BCUT2D eigenvalue weighted by Gasteiger charge is 2.15. The monoisotopic (exact) mass is 185 g/mol. The van der Waals surface area contributed by atoms with Gasteiger partial charge in [0.05, 0.1) is 6.04 Å². The molecule has 1 atom stereocenters. The molecule has 1 aromatic heterocycles. The molecule has 1 aromatic rings. The van der Waals surface area contributed by atoms with Crippen molar-refractivity contribution in [2.45, 2.75) is 26.3 Å². The number of aromatic nitrogens is 2. The van der Waals surface area contributed by atoms with E-state index in [0.29, 0.717) is 11.8 Å². The van der Waals surface area contributed by atoms with Gasteiger partial charge in [-0.05, 0) is 12.3 Å². The molecule has 0 aliphatic rings. The van der Waals surface area contributed by atoms with Crippen LogP contribution in [-0.4, -0.2) is 9.78 Å². The van der Waals surface area contributed by atoms with Crippen LogP contribution in [0.1, 0.15) is 32.2 Å². The summed E-state index contributed by atoms with van der Waals surface area (Å²) in [4.78, 5) is 10.9. The van der Waals surface area contributed by atoms with E-state index in [1.54, 1.807) is 0 Å². The van der Waals surface area contributed by atoms with Gasteiger partial charge in [-0.3, -0.25) is 0 Å². The Morgan fingerprint density at radius 1 is 1.62 bits per heavy atom. The van der Waals surface area contributed by atoms with Crippen LogP contribution in [-0.2, 0) is 7.05 Å². The maximum atomic E-state index is 10.9. The highest BCUT2D eigenvalue weighted by atomic mass is 16.4. The molecule has 0 aliphatic heterocycles. The zero-order valence-corrected chi connectivity index (χ0v) is 8.15. The molecule has 74 valence electrons. The minimum Gasteiger partial charge on any atom is -0.391 e. The van der Waals surface area contributed by atoms with E-state index in [-0.39, 0.29) is 6.04 Å². The second kappa shape index (κ2) is 3.74. The number of aryl methyl sites for hydroxylation is 1. The van der Waals surface area contributed by atoms with Gasteiger partial charge in [0.2, 0.25) is 5.89 Å². The van der Waals surface area contributed by atoms with E-state index in [1.807, 2.05) is 0 Å². The lowest BCUT2D eigenvalue weighted by Gasteiger charge is -2.08. The maximum Gasteiger partial charge on any atom is 0.436 e. The molecule has 1 rings (SSSR count). The topological polar surface area (TPSA) is 74.0 Å². The zero-order chi connectivity index (χ0) is 10.0. The number of hydrogen-bond acceptors (Lipinski definition) is 4. The van der Waals surface area contributed by atoms with E-state index in [4.69, 9.17) is 10.2 Å². The summed E-state index contributed by atoms with van der Waals surface area (Å²) in [6.07, 6.45) is 0.764. The highest BCUT2D eigenvalue weighted by molar-refractivity contribution is 4.85. The molecule has 0 bridgehead atoms.